The lowest BCUT2D eigenvalue weighted by molar-refractivity contribution is -0.384. The average molecular weight is 222 g/mol. The van der Waals surface area contributed by atoms with E-state index in [4.69, 9.17) is 10.5 Å². The van der Waals surface area contributed by atoms with Gasteiger partial charge < -0.3 is 10.5 Å². The number of nitro benzene ring substituents is 1. The summed E-state index contributed by atoms with van der Waals surface area (Å²) in [6, 6.07) is 4.44. The molecule has 1 aromatic rings. The average Bonchev–Trinajstić information content (AvgIpc) is 2.18. The monoisotopic (exact) mass is 222 g/mol. The number of hydrogen-bond donors (Lipinski definition) is 1. The molecule has 2 N–H and O–H groups in total. The van der Waals surface area contributed by atoms with E-state index in [9.17, 15) is 10.1 Å². The van der Waals surface area contributed by atoms with E-state index in [1.807, 2.05) is 0 Å². The molecule has 0 saturated heterocycles. The number of nitrogens with two attached hydrogens (primary N) is 1. The lowest BCUT2D eigenvalue weighted by Gasteiger charge is -2.25. The van der Waals surface area contributed by atoms with Crippen LogP contribution in [0.25, 0.3) is 0 Å². The Morgan fingerprint density at radius 3 is 2.81 bits per heavy atom. The van der Waals surface area contributed by atoms with E-state index in [0.717, 1.165) is 12.8 Å². The zero-order valence-electron chi connectivity index (χ0n) is 8.89. The fourth-order valence-corrected chi connectivity index (χ4v) is 1.58. The van der Waals surface area contributed by atoms with Gasteiger partial charge >= 0.3 is 0 Å². The van der Waals surface area contributed by atoms with Crippen molar-refractivity contribution in [1.82, 2.24) is 0 Å². The van der Waals surface area contributed by atoms with Crippen molar-refractivity contribution in [1.29, 1.82) is 0 Å². The zero-order chi connectivity index (χ0) is 11.5. The molecule has 0 aliphatic heterocycles. The molecule has 0 spiro atoms. The van der Waals surface area contributed by atoms with E-state index >= 15 is 0 Å². The second kappa shape index (κ2) is 4.49. The van der Waals surface area contributed by atoms with Crippen LogP contribution in [0.15, 0.2) is 18.2 Å². The quantitative estimate of drug-likeness (QED) is 0.481. The summed E-state index contributed by atoms with van der Waals surface area (Å²) < 4.78 is 5.58. The molecule has 5 nitrogen and oxygen atoms in total. The normalized spacial score (nSPS) is 15.8. The summed E-state index contributed by atoms with van der Waals surface area (Å²) in [5.74, 6) is 0. The van der Waals surface area contributed by atoms with E-state index in [1.165, 1.54) is 18.6 Å². The first kappa shape index (κ1) is 10.9. The van der Waals surface area contributed by atoms with Gasteiger partial charge in [0.15, 0.2) is 0 Å². The molecule has 5 heteroatoms. The molecular weight excluding hydrogens is 208 g/mol. The Labute approximate surface area is 93.4 Å². The largest absolute Gasteiger partial charge is 0.398 e. The van der Waals surface area contributed by atoms with Crippen LogP contribution in [0.4, 0.5) is 11.4 Å². The van der Waals surface area contributed by atoms with Crippen molar-refractivity contribution in [3.8, 4) is 0 Å². The molecule has 1 aliphatic carbocycles. The summed E-state index contributed by atoms with van der Waals surface area (Å²) >= 11 is 0. The van der Waals surface area contributed by atoms with Crippen LogP contribution >= 0.6 is 0 Å². The summed E-state index contributed by atoms with van der Waals surface area (Å²) in [5.41, 5.74) is 7.03. The number of benzene rings is 1. The second-order valence-corrected chi connectivity index (χ2v) is 4.00. The number of nitrogen functional groups attached to an aromatic ring is 1. The van der Waals surface area contributed by atoms with Gasteiger partial charge in [-0.3, -0.25) is 10.1 Å². The standard InChI is InChI=1S/C11H14N2O3/c12-11-5-4-9(13(14)15)6-8(11)7-16-10-2-1-3-10/h4-6,10H,1-3,7,12H2. The molecule has 0 amide bonds. The van der Waals surface area contributed by atoms with Crippen molar-refractivity contribution in [2.75, 3.05) is 5.73 Å². The highest BCUT2D eigenvalue weighted by atomic mass is 16.6. The maximum absolute atomic E-state index is 10.6. The highest BCUT2D eigenvalue weighted by Gasteiger charge is 2.18. The molecular formula is C11H14N2O3. The highest BCUT2D eigenvalue weighted by Crippen LogP contribution is 2.25. The molecule has 1 fully saturated rings. The Kier molecular flexibility index (Phi) is 3.05. The minimum atomic E-state index is -0.424. The molecule has 0 heterocycles. The minimum Gasteiger partial charge on any atom is -0.398 e. The van der Waals surface area contributed by atoms with Gasteiger partial charge in [-0.2, -0.15) is 0 Å². The highest BCUT2D eigenvalue weighted by molar-refractivity contribution is 5.52. The topological polar surface area (TPSA) is 78.4 Å². The number of non-ortho nitro benzene ring substituents is 1. The smallest absolute Gasteiger partial charge is 0.269 e. The van der Waals surface area contributed by atoms with E-state index in [0.29, 0.717) is 24.0 Å². The van der Waals surface area contributed by atoms with E-state index in [2.05, 4.69) is 0 Å². The first-order valence-electron chi connectivity index (χ1n) is 5.31. The number of nitro groups is 1. The predicted octanol–water partition coefficient (Wildman–Crippen LogP) is 2.25. The van der Waals surface area contributed by atoms with Gasteiger partial charge in [-0.15, -0.1) is 0 Å². The van der Waals surface area contributed by atoms with Gasteiger partial charge in [-0.1, -0.05) is 0 Å². The number of hydrogen-bond acceptors (Lipinski definition) is 4. The van der Waals surface area contributed by atoms with Crippen molar-refractivity contribution < 1.29 is 9.66 Å². The fraction of sp³-hybridized carbons (Fsp3) is 0.455. The van der Waals surface area contributed by atoms with Gasteiger partial charge in [0.2, 0.25) is 0 Å². The maximum atomic E-state index is 10.6. The molecule has 1 aromatic carbocycles. The van der Waals surface area contributed by atoms with Gasteiger partial charge in [0.05, 0.1) is 17.6 Å². The van der Waals surface area contributed by atoms with Crippen LogP contribution in [0.1, 0.15) is 24.8 Å². The Hall–Kier alpha value is -1.62. The SMILES string of the molecule is Nc1ccc([N+](=O)[O-])cc1COC1CCC1. The Morgan fingerprint density at radius 1 is 1.50 bits per heavy atom. The van der Waals surface area contributed by atoms with Crippen molar-refractivity contribution in [3.63, 3.8) is 0 Å². The van der Waals surface area contributed by atoms with Gasteiger partial charge in [0, 0.05) is 23.4 Å². The second-order valence-electron chi connectivity index (χ2n) is 4.00. The van der Waals surface area contributed by atoms with Crippen LogP contribution < -0.4 is 5.73 Å². The first-order chi connectivity index (χ1) is 7.66. The van der Waals surface area contributed by atoms with Crippen LogP contribution in [0.2, 0.25) is 0 Å². The number of ether oxygens (including phenoxy) is 1. The van der Waals surface area contributed by atoms with Crippen molar-refractivity contribution >= 4 is 11.4 Å². The molecule has 86 valence electrons. The van der Waals surface area contributed by atoms with Gasteiger partial charge in [-0.25, -0.2) is 0 Å². The van der Waals surface area contributed by atoms with E-state index in [-0.39, 0.29) is 5.69 Å². The molecule has 16 heavy (non-hydrogen) atoms. The van der Waals surface area contributed by atoms with Crippen LogP contribution in [0, 0.1) is 10.1 Å². The van der Waals surface area contributed by atoms with Crippen LogP contribution in [-0.2, 0) is 11.3 Å². The third kappa shape index (κ3) is 2.30. The molecule has 0 bridgehead atoms. The van der Waals surface area contributed by atoms with E-state index in [1.54, 1.807) is 6.07 Å². The van der Waals surface area contributed by atoms with Crippen LogP contribution in [0.5, 0.6) is 0 Å². The Balaban J connectivity index is 2.05. The summed E-state index contributed by atoms with van der Waals surface area (Å²) in [6.45, 7) is 0.359. The van der Waals surface area contributed by atoms with Gasteiger partial charge in [0.1, 0.15) is 0 Å². The lowest BCUT2D eigenvalue weighted by Crippen LogP contribution is -2.21. The van der Waals surface area contributed by atoms with Crippen LogP contribution in [0.3, 0.4) is 0 Å². The predicted molar refractivity (Wildman–Crippen MR) is 59.9 cm³/mol. The van der Waals surface area contributed by atoms with Crippen molar-refractivity contribution in [2.24, 2.45) is 0 Å². The van der Waals surface area contributed by atoms with Gasteiger partial charge in [0.25, 0.3) is 5.69 Å². The van der Waals surface area contributed by atoms with Crippen molar-refractivity contribution in [2.45, 2.75) is 32.0 Å². The number of anilines is 1. The summed E-state index contributed by atoms with van der Waals surface area (Å²) in [4.78, 5) is 10.2. The molecule has 1 aliphatic rings. The van der Waals surface area contributed by atoms with Crippen LogP contribution in [-0.4, -0.2) is 11.0 Å². The zero-order valence-corrected chi connectivity index (χ0v) is 8.89. The maximum Gasteiger partial charge on any atom is 0.269 e. The third-order valence-corrected chi connectivity index (χ3v) is 2.86. The molecule has 0 unspecified atom stereocenters. The Bertz CT molecular complexity index is 402. The first-order valence-corrected chi connectivity index (χ1v) is 5.31. The molecule has 0 atom stereocenters. The Morgan fingerprint density at radius 2 is 2.25 bits per heavy atom. The molecule has 1 saturated carbocycles. The van der Waals surface area contributed by atoms with Gasteiger partial charge in [-0.05, 0) is 25.3 Å². The summed E-state index contributed by atoms with van der Waals surface area (Å²) in [6.07, 6.45) is 3.66. The number of rotatable bonds is 4. The lowest BCUT2D eigenvalue weighted by atomic mass is 9.96. The fourth-order valence-electron chi connectivity index (χ4n) is 1.58. The third-order valence-electron chi connectivity index (χ3n) is 2.86. The minimum absolute atomic E-state index is 0.0569. The van der Waals surface area contributed by atoms with E-state index < -0.39 is 4.92 Å². The summed E-state index contributed by atoms with van der Waals surface area (Å²) in [7, 11) is 0. The number of nitrogens with zero attached hydrogens (tertiary/aromatic N) is 1. The molecule has 0 aromatic heterocycles. The van der Waals surface area contributed by atoms with Crippen molar-refractivity contribution in [3.05, 3.63) is 33.9 Å². The molecule has 0 radical (unpaired) electrons. The molecule has 2 rings (SSSR count). The summed E-state index contributed by atoms with van der Waals surface area (Å²) in [5, 5.41) is 10.6.